The summed E-state index contributed by atoms with van der Waals surface area (Å²) in [5, 5.41) is 3.56. The molecule has 2 atom stereocenters. The van der Waals surface area contributed by atoms with Crippen LogP contribution in [-0.2, 0) is 25.2 Å². The highest BCUT2D eigenvalue weighted by molar-refractivity contribution is 8.77. The number of nitrogens with one attached hydrogen (secondary N) is 1. The third-order valence-corrected chi connectivity index (χ3v) is 8.81. The second-order valence-electron chi connectivity index (χ2n) is 8.73. The molecule has 2 aromatic carbocycles. The Kier molecular flexibility index (Phi) is 12.8. The van der Waals surface area contributed by atoms with Crippen molar-refractivity contribution in [2.24, 2.45) is 5.92 Å². The molecule has 208 valence electrons. The van der Waals surface area contributed by atoms with E-state index in [1.165, 1.54) is 30.4 Å². The summed E-state index contributed by atoms with van der Waals surface area (Å²) >= 11 is 0. The van der Waals surface area contributed by atoms with Crippen LogP contribution >= 0.6 is 21.6 Å². The van der Waals surface area contributed by atoms with E-state index in [0.29, 0.717) is 30.8 Å². The van der Waals surface area contributed by atoms with Gasteiger partial charge in [0.1, 0.15) is 12.9 Å². The van der Waals surface area contributed by atoms with Crippen molar-refractivity contribution >= 4 is 45.2 Å². The first-order chi connectivity index (χ1) is 18.4. The Balaban J connectivity index is 1.31. The van der Waals surface area contributed by atoms with Crippen LogP contribution in [0.2, 0.25) is 0 Å². The molecule has 2 unspecified atom stereocenters. The number of halogens is 3. The molecule has 1 N–H and O–H groups in total. The average Bonchev–Trinajstić information content (AvgIpc) is 3.42. The number of ether oxygens (including phenoxy) is 3. The van der Waals surface area contributed by atoms with Crippen molar-refractivity contribution in [3.8, 4) is 0 Å². The van der Waals surface area contributed by atoms with Crippen molar-refractivity contribution in [3.63, 3.8) is 0 Å². The highest BCUT2D eigenvalue weighted by atomic mass is 33.1. The van der Waals surface area contributed by atoms with Crippen molar-refractivity contribution in [3.05, 3.63) is 59.7 Å². The van der Waals surface area contributed by atoms with Crippen LogP contribution in [0.5, 0.6) is 0 Å². The van der Waals surface area contributed by atoms with Crippen molar-refractivity contribution in [1.29, 1.82) is 0 Å². The number of aldehydes is 1. The Morgan fingerprint density at radius 1 is 1.08 bits per heavy atom. The summed E-state index contributed by atoms with van der Waals surface area (Å²) in [6.07, 6.45) is 0.710. The van der Waals surface area contributed by atoms with Gasteiger partial charge in [0.25, 0.3) is 0 Å². The van der Waals surface area contributed by atoms with E-state index in [1.807, 2.05) is 21.6 Å². The summed E-state index contributed by atoms with van der Waals surface area (Å²) in [5.41, 5.74) is -0.0644. The van der Waals surface area contributed by atoms with Crippen molar-refractivity contribution in [2.45, 2.75) is 37.1 Å². The monoisotopic (exact) mass is 571 g/mol. The van der Waals surface area contributed by atoms with E-state index in [4.69, 9.17) is 14.2 Å². The maximum Gasteiger partial charge on any atom is 0.416 e. The first-order valence-corrected chi connectivity index (χ1v) is 14.8. The lowest BCUT2D eigenvalue weighted by atomic mass is 10.0. The Labute approximate surface area is 228 Å². The molecule has 1 heterocycles. The van der Waals surface area contributed by atoms with E-state index in [1.54, 1.807) is 18.2 Å². The second kappa shape index (κ2) is 16.0. The number of carbonyl (C=O) groups excluding carboxylic acids is 2. The molecule has 1 aliphatic rings. The van der Waals surface area contributed by atoms with Crippen LogP contribution in [0.25, 0.3) is 0 Å². The fourth-order valence-corrected chi connectivity index (χ4v) is 6.82. The van der Waals surface area contributed by atoms with Gasteiger partial charge in [0.2, 0.25) is 0 Å². The van der Waals surface area contributed by atoms with Crippen LogP contribution in [-0.4, -0.2) is 56.3 Å². The van der Waals surface area contributed by atoms with Gasteiger partial charge in [-0.15, -0.1) is 0 Å². The van der Waals surface area contributed by atoms with Crippen LogP contribution in [0.15, 0.2) is 48.5 Å². The fraction of sp³-hybridized carbons (Fsp3) is 0.481. The van der Waals surface area contributed by atoms with Crippen LogP contribution in [0.4, 0.5) is 24.5 Å². The summed E-state index contributed by atoms with van der Waals surface area (Å²) < 4.78 is 55.2. The molecule has 0 aliphatic carbocycles. The van der Waals surface area contributed by atoms with Gasteiger partial charge >= 0.3 is 12.1 Å². The molecule has 3 rings (SSSR count). The molecule has 0 saturated carbocycles. The standard InChI is InChI=1S/C27H32F3NO5S2/c28-27(29,30)21-6-4-7-22(17-21)31-25-10-2-1-9-24(25)26(33)36-15-14-34-12-13-35-19-20(18-32)5-3-8-23-11-16-37-38-23/h1-2,4,6-7,9-10,17-18,20,23,31H,3,5,8,11-16,19H2. The van der Waals surface area contributed by atoms with Gasteiger partial charge in [-0.05, 0) is 49.6 Å². The van der Waals surface area contributed by atoms with Gasteiger partial charge in [-0.2, -0.15) is 13.2 Å². The van der Waals surface area contributed by atoms with E-state index in [2.05, 4.69) is 5.32 Å². The van der Waals surface area contributed by atoms with E-state index >= 15 is 0 Å². The number of carbonyl (C=O) groups is 2. The number of rotatable bonds is 16. The lowest BCUT2D eigenvalue weighted by Gasteiger charge is -2.14. The minimum Gasteiger partial charge on any atom is -0.460 e. The maximum absolute atomic E-state index is 13.0. The summed E-state index contributed by atoms with van der Waals surface area (Å²) in [6.45, 7) is 1.16. The molecule has 6 nitrogen and oxygen atoms in total. The van der Waals surface area contributed by atoms with Gasteiger partial charge in [-0.25, -0.2) is 4.79 Å². The largest absolute Gasteiger partial charge is 0.460 e. The third kappa shape index (κ3) is 10.5. The molecule has 0 amide bonds. The van der Waals surface area contributed by atoms with Gasteiger partial charge in [0.05, 0.1) is 43.2 Å². The number of hydrogen-bond donors (Lipinski definition) is 1. The molecule has 38 heavy (non-hydrogen) atoms. The van der Waals surface area contributed by atoms with E-state index < -0.39 is 17.7 Å². The quantitative estimate of drug-likeness (QED) is 0.102. The van der Waals surface area contributed by atoms with Gasteiger partial charge in [0.15, 0.2) is 0 Å². The zero-order valence-corrected chi connectivity index (χ0v) is 22.5. The topological polar surface area (TPSA) is 73.9 Å². The van der Waals surface area contributed by atoms with Crippen molar-refractivity contribution in [1.82, 2.24) is 0 Å². The SMILES string of the molecule is O=CC(CCCC1CCSS1)COCCOCCOC(=O)c1ccccc1Nc1cccc(C(F)(F)F)c1. The van der Waals surface area contributed by atoms with E-state index in [9.17, 15) is 22.8 Å². The van der Waals surface area contributed by atoms with Crippen LogP contribution < -0.4 is 5.32 Å². The predicted octanol–water partition coefficient (Wildman–Crippen LogP) is 6.78. The predicted molar refractivity (Wildman–Crippen MR) is 145 cm³/mol. The molecule has 1 saturated heterocycles. The van der Waals surface area contributed by atoms with E-state index in [0.717, 1.165) is 37.7 Å². The molecule has 0 spiro atoms. The number of para-hydroxylation sites is 1. The van der Waals surface area contributed by atoms with Gasteiger partial charge in [-0.3, -0.25) is 0 Å². The summed E-state index contributed by atoms with van der Waals surface area (Å²) in [6, 6.07) is 11.2. The number of anilines is 2. The fourth-order valence-electron chi connectivity index (χ4n) is 3.79. The second-order valence-corrected chi connectivity index (χ2v) is 11.5. The van der Waals surface area contributed by atoms with Crippen molar-refractivity contribution < 1.29 is 37.0 Å². The molecule has 0 aromatic heterocycles. The first kappa shape index (κ1) is 30.3. The van der Waals surface area contributed by atoms with Crippen LogP contribution in [0.3, 0.4) is 0 Å². The van der Waals surface area contributed by atoms with Crippen LogP contribution in [0.1, 0.15) is 41.6 Å². The number of benzene rings is 2. The normalized spacial score (nSPS) is 16.2. The van der Waals surface area contributed by atoms with Crippen molar-refractivity contribution in [2.75, 3.05) is 44.1 Å². The summed E-state index contributed by atoms with van der Waals surface area (Å²) in [7, 11) is 3.87. The zero-order valence-electron chi connectivity index (χ0n) is 20.9. The Morgan fingerprint density at radius 3 is 2.63 bits per heavy atom. The first-order valence-electron chi connectivity index (χ1n) is 12.5. The zero-order chi connectivity index (χ0) is 27.2. The maximum atomic E-state index is 13.0. The Bertz CT molecular complexity index is 1020. The van der Waals surface area contributed by atoms with Crippen LogP contribution in [0, 0.1) is 5.92 Å². The summed E-state index contributed by atoms with van der Waals surface area (Å²) in [4.78, 5) is 23.8. The molecule has 0 radical (unpaired) electrons. The highest BCUT2D eigenvalue weighted by Gasteiger charge is 2.30. The van der Waals surface area contributed by atoms with E-state index in [-0.39, 0.29) is 30.4 Å². The molecule has 1 fully saturated rings. The van der Waals surface area contributed by atoms with Gasteiger partial charge < -0.3 is 24.3 Å². The van der Waals surface area contributed by atoms with Gasteiger partial charge in [-0.1, -0.05) is 46.2 Å². The Hall–Kier alpha value is -2.21. The molecular weight excluding hydrogens is 539 g/mol. The average molecular weight is 572 g/mol. The molecule has 2 aromatic rings. The minimum absolute atomic E-state index is 0.00511. The molecule has 1 aliphatic heterocycles. The number of hydrogen-bond acceptors (Lipinski definition) is 8. The lowest BCUT2D eigenvalue weighted by molar-refractivity contribution is -0.137. The third-order valence-electron chi connectivity index (χ3n) is 5.80. The molecular formula is C27H32F3NO5S2. The number of alkyl halides is 3. The minimum atomic E-state index is -4.47. The lowest BCUT2D eigenvalue weighted by Crippen LogP contribution is -2.16. The Morgan fingerprint density at radius 2 is 1.87 bits per heavy atom. The smallest absolute Gasteiger partial charge is 0.416 e. The molecule has 11 heteroatoms. The number of esters is 1. The summed E-state index contributed by atoms with van der Waals surface area (Å²) in [5.74, 6) is 0.478. The molecule has 0 bridgehead atoms. The highest BCUT2D eigenvalue weighted by Crippen LogP contribution is 2.40. The van der Waals surface area contributed by atoms with Gasteiger partial charge in [0, 0.05) is 22.6 Å².